The number of rotatable bonds is 0. The molecule has 0 bridgehead atoms. The highest BCUT2D eigenvalue weighted by Gasteiger charge is 2.67. The van der Waals surface area contributed by atoms with E-state index in [2.05, 4.69) is 0 Å². The van der Waals surface area contributed by atoms with E-state index in [-0.39, 0.29) is 10.1 Å². The van der Waals surface area contributed by atoms with E-state index in [9.17, 15) is 4.79 Å². The first-order valence-corrected chi connectivity index (χ1v) is 6.51. The monoisotopic (exact) mass is 306 g/mol. The first-order chi connectivity index (χ1) is 7.93. The van der Waals surface area contributed by atoms with Crippen molar-refractivity contribution in [3.05, 3.63) is 45.5 Å². The fourth-order valence-corrected chi connectivity index (χ4v) is 4.23. The predicted octanol–water partition coefficient (Wildman–Crippen LogP) is 3.93. The van der Waals surface area contributed by atoms with E-state index >= 15 is 0 Å². The zero-order valence-electron chi connectivity index (χ0n) is 8.44. The third-order valence-corrected chi connectivity index (χ3v) is 5.85. The number of halogens is 4. The molecule has 88 valence electrons. The summed E-state index contributed by atoms with van der Waals surface area (Å²) in [4.78, 5) is 9.60. The number of benzene rings is 1. The van der Waals surface area contributed by atoms with E-state index in [1.54, 1.807) is 0 Å². The minimum absolute atomic E-state index is 0.0498. The van der Waals surface area contributed by atoms with Crippen molar-refractivity contribution in [3.8, 4) is 0 Å². The average Bonchev–Trinajstić information content (AvgIpc) is 2.63. The Morgan fingerprint density at radius 1 is 1.12 bits per heavy atom. The van der Waals surface area contributed by atoms with Gasteiger partial charge in [-0.2, -0.15) is 0 Å². The van der Waals surface area contributed by atoms with Crippen LogP contribution in [0.5, 0.6) is 0 Å². The Labute approximate surface area is 118 Å². The summed E-state index contributed by atoms with van der Waals surface area (Å²) in [5.41, 5.74) is 1.71. The number of allylic oxidation sites excluding steroid dienone is 2. The van der Waals surface area contributed by atoms with Crippen molar-refractivity contribution in [1.82, 2.24) is 0 Å². The second-order valence-electron chi connectivity index (χ2n) is 4.25. The standard InChI is InChI=1S/C12H6Cl4O/c13-8-9(14)12(16)7-4-2-1-3-6(7)5-11(12,15)10(8)17/h1-4H,5H2. The van der Waals surface area contributed by atoms with Crippen molar-refractivity contribution in [2.24, 2.45) is 0 Å². The highest BCUT2D eigenvalue weighted by atomic mass is 35.5. The molecule has 1 nitrogen and oxygen atoms in total. The molecule has 0 N–H and O–H groups in total. The molecule has 0 saturated carbocycles. The molecule has 1 aromatic carbocycles. The molecular weight excluding hydrogens is 302 g/mol. The summed E-state index contributed by atoms with van der Waals surface area (Å²) >= 11 is 25.0. The number of fused-ring (bicyclic) bond motifs is 3. The summed E-state index contributed by atoms with van der Waals surface area (Å²) in [5, 5.41) is 0.0805. The van der Waals surface area contributed by atoms with Gasteiger partial charge in [-0.15, -0.1) is 23.2 Å². The molecule has 2 atom stereocenters. The van der Waals surface area contributed by atoms with E-state index in [4.69, 9.17) is 46.4 Å². The van der Waals surface area contributed by atoms with Gasteiger partial charge in [0.05, 0.1) is 5.03 Å². The topological polar surface area (TPSA) is 17.1 Å². The van der Waals surface area contributed by atoms with Crippen LogP contribution in [0.2, 0.25) is 0 Å². The molecule has 0 heterocycles. The number of hydrogen-bond donors (Lipinski definition) is 0. The number of alkyl halides is 2. The number of carbonyl (C=O) groups is 1. The van der Waals surface area contributed by atoms with E-state index in [0.717, 1.165) is 11.1 Å². The molecule has 2 aliphatic rings. The van der Waals surface area contributed by atoms with Crippen LogP contribution in [0.15, 0.2) is 34.3 Å². The molecule has 5 heteroatoms. The fourth-order valence-electron chi connectivity index (χ4n) is 2.56. The van der Waals surface area contributed by atoms with Gasteiger partial charge >= 0.3 is 0 Å². The van der Waals surface area contributed by atoms with Crippen molar-refractivity contribution >= 4 is 52.2 Å². The maximum absolute atomic E-state index is 12.1. The van der Waals surface area contributed by atoms with Crippen molar-refractivity contribution in [3.63, 3.8) is 0 Å². The van der Waals surface area contributed by atoms with E-state index < -0.39 is 15.5 Å². The zero-order chi connectivity index (χ0) is 12.4. The summed E-state index contributed by atoms with van der Waals surface area (Å²) in [6, 6.07) is 7.45. The highest BCUT2D eigenvalue weighted by molar-refractivity contribution is 6.62. The summed E-state index contributed by atoms with van der Waals surface area (Å²) < 4.78 is 0. The fraction of sp³-hybridized carbons (Fsp3) is 0.250. The maximum atomic E-state index is 12.1. The summed E-state index contributed by atoms with van der Waals surface area (Å²) in [6.45, 7) is 0. The van der Waals surface area contributed by atoms with Gasteiger partial charge in [0, 0.05) is 6.42 Å². The van der Waals surface area contributed by atoms with Gasteiger partial charge in [0.1, 0.15) is 14.8 Å². The molecular formula is C12H6Cl4O. The van der Waals surface area contributed by atoms with Crippen LogP contribution in [-0.2, 0) is 16.1 Å². The SMILES string of the molecule is O=C1C(Cl)=C(Cl)C2(Cl)c3ccccc3CC12Cl. The van der Waals surface area contributed by atoms with Gasteiger partial charge in [-0.1, -0.05) is 47.5 Å². The Hall–Kier alpha value is -0.210. The molecule has 2 aliphatic carbocycles. The van der Waals surface area contributed by atoms with Crippen molar-refractivity contribution in [2.45, 2.75) is 16.2 Å². The Kier molecular flexibility index (Phi) is 2.38. The van der Waals surface area contributed by atoms with Crippen LogP contribution in [0.4, 0.5) is 0 Å². The van der Waals surface area contributed by atoms with Crippen LogP contribution in [0.3, 0.4) is 0 Å². The molecule has 0 saturated heterocycles. The second-order valence-corrected chi connectivity index (χ2v) is 6.22. The molecule has 0 fully saturated rings. The lowest BCUT2D eigenvalue weighted by Gasteiger charge is -2.29. The minimum Gasteiger partial charge on any atom is -0.291 e. The van der Waals surface area contributed by atoms with Gasteiger partial charge in [-0.05, 0) is 11.1 Å². The molecule has 0 spiro atoms. The Morgan fingerprint density at radius 2 is 1.76 bits per heavy atom. The van der Waals surface area contributed by atoms with Crippen LogP contribution < -0.4 is 0 Å². The lowest BCUT2D eigenvalue weighted by atomic mass is 9.93. The molecule has 2 unspecified atom stereocenters. The van der Waals surface area contributed by atoms with Crippen molar-refractivity contribution in [1.29, 1.82) is 0 Å². The lowest BCUT2D eigenvalue weighted by molar-refractivity contribution is -0.117. The summed E-state index contributed by atoms with van der Waals surface area (Å²) in [6.07, 6.45) is 0.347. The van der Waals surface area contributed by atoms with Crippen LogP contribution in [-0.4, -0.2) is 10.7 Å². The quantitative estimate of drug-likeness (QED) is 0.664. The van der Waals surface area contributed by atoms with E-state index in [1.807, 2.05) is 24.3 Å². The van der Waals surface area contributed by atoms with Crippen LogP contribution in [0.25, 0.3) is 0 Å². The largest absolute Gasteiger partial charge is 0.291 e. The highest BCUT2D eigenvalue weighted by Crippen LogP contribution is 2.63. The predicted molar refractivity (Wildman–Crippen MR) is 70.0 cm³/mol. The Balaban J connectivity index is 2.35. The molecule has 17 heavy (non-hydrogen) atoms. The van der Waals surface area contributed by atoms with E-state index in [0.29, 0.717) is 6.42 Å². The first kappa shape index (κ1) is 11.9. The van der Waals surface area contributed by atoms with Crippen molar-refractivity contribution in [2.75, 3.05) is 0 Å². The smallest absolute Gasteiger partial charge is 0.199 e. The summed E-state index contributed by atoms with van der Waals surface area (Å²) in [5.74, 6) is -0.392. The molecule has 0 aromatic heterocycles. The second kappa shape index (κ2) is 3.42. The minimum atomic E-state index is -1.29. The van der Waals surface area contributed by atoms with Crippen LogP contribution in [0.1, 0.15) is 11.1 Å². The van der Waals surface area contributed by atoms with Gasteiger partial charge in [0.25, 0.3) is 0 Å². The van der Waals surface area contributed by atoms with Crippen LogP contribution >= 0.6 is 46.4 Å². The van der Waals surface area contributed by atoms with Gasteiger partial charge in [-0.3, -0.25) is 4.79 Å². The first-order valence-electron chi connectivity index (χ1n) is 4.99. The van der Waals surface area contributed by atoms with E-state index in [1.165, 1.54) is 0 Å². The molecule has 0 aliphatic heterocycles. The third kappa shape index (κ3) is 1.16. The Morgan fingerprint density at radius 3 is 2.47 bits per heavy atom. The number of hydrogen-bond acceptors (Lipinski definition) is 1. The van der Waals surface area contributed by atoms with Crippen LogP contribution in [0, 0.1) is 0 Å². The summed E-state index contributed by atoms with van der Waals surface area (Å²) in [7, 11) is 0. The average molecular weight is 308 g/mol. The number of Topliss-reactive ketones (excluding diaryl/α,β-unsaturated/α-hetero) is 1. The number of ketones is 1. The van der Waals surface area contributed by atoms with Gasteiger partial charge in [0.15, 0.2) is 5.78 Å². The zero-order valence-corrected chi connectivity index (χ0v) is 11.5. The Bertz CT molecular complexity index is 580. The van der Waals surface area contributed by atoms with Crippen molar-refractivity contribution < 1.29 is 4.79 Å². The normalized spacial score (nSPS) is 35.2. The third-order valence-electron chi connectivity index (χ3n) is 3.42. The number of carbonyl (C=O) groups excluding carboxylic acids is 1. The van der Waals surface area contributed by atoms with Gasteiger partial charge < -0.3 is 0 Å². The lowest BCUT2D eigenvalue weighted by Crippen LogP contribution is -2.42. The maximum Gasteiger partial charge on any atom is 0.199 e. The molecule has 0 amide bonds. The van der Waals surface area contributed by atoms with Gasteiger partial charge in [-0.25, -0.2) is 0 Å². The van der Waals surface area contributed by atoms with Gasteiger partial charge in [0.2, 0.25) is 0 Å². The molecule has 1 aromatic rings. The molecule has 3 rings (SSSR count). The molecule has 0 radical (unpaired) electrons.